The van der Waals surface area contributed by atoms with Crippen LogP contribution in [0.25, 0.3) is 11.1 Å². The first-order valence-electron chi connectivity index (χ1n) is 20.2. The van der Waals surface area contributed by atoms with E-state index in [0.717, 1.165) is 0 Å². The molecule has 0 fully saturated rings. The lowest BCUT2D eigenvalue weighted by atomic mass is 9.73. The Kier molecular flexibility index (Phi) is 7.30. The fourth-order valence-electron chi connectivity index (χ4n) is 10.6. The lowest BCUT2D eigenvalue weighted by molar-refractivity contribution is 0.632. The third kappa shape index (κ3) is 4.64. The molecule has 0 amide bonds. The molecule has 2 nitrogen and oxygen atoms in total. The van der Waals surface area contributed by atoms with Crippen LogP contribution in [0.4, 0.5) is 34.1 Å². The standard InChI is InChI=1S/C54H44N2Si/c1-53(2)43-23-11-15-27-47(43)55(48-28-16-12-24-44(48)53)37-31-33-41-42-34-32-38(56-49-29-17-13-25-45(49)54(3,4)46-26-14-18-30-50(46)56)36-52(42)57(51(41)35-37,39-19-7-5-8-20-39)40-21-9-6-10-22-40/h5-36H,1-4H3. The molecule has 0 aromatic heterocycles. The zero-order valence-corrected chi connectivity index (χ0v) is 33.9. The van der Waals surface area contributed by atoms with Crippen molar-refractivity contribution in [3.05, 3.63) is 216 Å². The zero-order chi connectivity index (χ0) is 38.5. The first-order valence-corrected chi connectivity index (χ1v) is 22.2. The van der Waals surface area contributed by atoms with Crippen molar-refractivity contribution in [1.29, 1.82) is 0 Å². The van der Waals surface area contributed by atoms with Crippen molar-refractivity contribution in [2.24, 2.45) is 0 Å². The quantitative estimate of drug-likeness (QED) is 0.165. The molecule has 0 unspecified atom stereocenters. The van der Waals surface area contributed by atoms with E-state index in [-0.39, 0.29) is 10.8 Å². The Morgan fingerprint density at radius 3 is 0.965 bits per heavy atom. The van der Waals surface area contributed by atoms with Gasteiger partial charge in [0.2, 0.25) is 0 Å². The van der Waals surface area contributed by atoms with Gasteiger partial charge in [-0.25, -0.2) is 0 Å². The summed E-state index contributed by atoms with van der Waals surface area (Å²) < 4.78 is 0. The van der Waals surface area contributed by atoms with E-state index in [9.17, 15) is 0 Å². The number of anilines is 6. The van der Waals surface area contributed by atoms with Crippen molar-refractivity contribution >= 4 is 62.9 Å². The van der Waals surface area contributed by atoms with Crippen molar-refractivity contribution in [2.45, 2.75) is 38.5 Å². The van der Waals surface area contributed by atoms with E-state index in [2.05, 4.69) is 232 Å². The first kappa shape index (κ1) is 33.9. The van der Waals surface area contributed by atoms with Gasteiger partial charge in [0, 0.05) is 22.2 Å². The van der Waals surface area contributed by atoms with Gasteiger partial charge in [-0.05, 0) is 103 Å². The Hall–Kier alpha value is -6.42. The van der Waals surface area contributed by atoms with Gasteiger partial charge in [-0.15, -0.1) is 0 Å². The minimum absolute atomic E-state index is 0.124. The van der Waals surface area contributed by atoms with Gasteiger partial charge in [-0.3, -0.25) is 0 Å². The summed E-state index contributed by atoms with van der Waals surface area (Å²) in [5.41, 5.74) is 15.2. The molecule has 3 aliphatic heterocycles. The second-order valence-corrected chi connectivity index (χ2v) is 20.7. The molecule has 274 valence electrons. The molecule has 0 radical (unpaired) electrons. The molecule has 3 heteroatoms. The minimum atomic E-state index is -2.89. The number of hydrogen-bond donors (Lipinski definition) is 0. The summed E-state index contributed by atoms with van der Waals surface area (Å²) >= 11 is 0. The molecule has 8 aromatic rings. The molecule has 3 heterocycles. The SMILES string of the molecule is CC1(C)c2ccccc2N(c2ccc3c(c2)[Si](c2ccccc2)(c2ccccc2)c2cc(N4c5ccccc5C(C)(C)c5ccccc54)ccc2-3)c2ccccc21. The average molecular weight is 749 g/mol. The van der Waals surface area contributed by atoms with Crippen LogP contribution in [0, 0.1) is 0 Å². The first-order chi connectivity index (χ1) is 27.8. The molecule has 0 saturated heterocycles. The summed E-state index contributed by atoms with van der Waals surface area (Å²) in [4.78, 5) is 5.03. The number of benzene rings is 8. The van der Waals surface area contributed by atoms with Crippen LogP contribution in [-0.4, -0.2) is 8.07 Å². The lowest BCUT2D eigenvalue weighted by Gasteiger charge is -2.42. The summed E-state index contributed by atoms with van der Waals surface area (Å²) in [5, 5.41) is 5.66. The molecular formula is C54H44N2Si. The third-order valence-corrected chi connectivity index (χ3v) is 18.1. The maximum absolute atomic E-state index is 2.89. The number of fused-ring (bicyclic) bond motifs is 7. The Labute approximate surface area is 337 Å². The van der Waals surface area contributed by atoms with Gasteiger partial charge in [0.1, 0.15) is 0 Å². The van der Waals surface area contributed by atoms with Gasteiger partial charge in [-0.1, -0.05) is 173 Å². The van der Waals surface area contributed by atoms with E-state index in [4.69, 9.17) is 0 Å². The second-order valence-electron chi connectivity index (χ2n) is 16.9. The van der Waals surface area contributed by atoms with E-state index >= 15 is 0 Å². The summed E-state index contributed by atoms with van der Waals surface area (Å²) in [6.45, 7) is 9.45. The lowest BCUT2D eigenvalue weighted by Crippen LogP contribution is -2.72. The van der Waals surface area contributed by atoms with E-state index in [0.29, 0.717) is 0 Å². The largest absolute Gasteiger partial charge is 0.310 e. The fourth-order valence-corrected chi connectivity index (χ4v) is 15.9. The molecular weight excluding hydrogens is 705 g/mol. The topological polar surface area (TPSA) is 6.48 Å². The maximum Gasteiger partial charge on any atom is 0.181 e. The summed E-state index contributed by atoms with van der Waals surface area (Å²) in [6.07, 6.45) is 0. The Balaban J connectivity index is 1.19. The highest BCUT2D eigenvalue weighted by Gasteiger charge is 2.50. The summed E-state index contributed by atoms with van der Waals surface area (Å²) in [6, 6.07) is 73.4. The van der Waals surface area contributed by atoms with E-state index < -0.39 is 8.07 Å². The zero-order valence-electron chi connectivity index (χ0n) is 32.9. The number of rotatable bonds is 4. The van der Waals surface area contributed by atoms with Gasteiger partial charge < -0.3 is 9.80 Å². The van der Waals surface area contributed by atoms with Crippen LogP contribution < -0.4 is 30.5 Å². The summed E-state index contributed by atoms with van der Waals surface area (Å²) in [5.74, 6) is 0. The van der Waals surface area contributed by atoms with Gasteiger partial charge >= 0.3 is 0 Å². The van der Waals surface area contributed by atoms with Crippen LogP contribution in [0.15, 0.2) is 194 Å². The van der Waals surface area contributed by atoms with Crippen molar-refractivity contribution < 1.29 is 0 Å². The molecule has 0 aliphatic carbocycles. The Morgan fingerprint density at radius 2 is 0.632 bits per heavy atom. The summed E-state index contributed by atoms with van der Waals surface area (Å²) in [7, 11) is -2.89. The molecule has 0 saturated carbocycles. The van der Waals surface area contributed by atoms with Crippen LogP contribution in [0.5, 0.6) is 0 Å². The van der Waals surface area contributed by atoms with Crippen LogP contribution >= 0.6 is 0 Å². The molecule has 8 aromatic carbocycles. The molecule has 57 heavy (non-hydrogen) atoms. The molecule has 0 N–H and O–H groups in total. The molecule has 0 bridgehead atoms. The van der Waals surface area contributed by atoms with E-state index in [1.165, 1.54) is 88.3 Å². The van der Waals surface area contributed by atoms with Gasteiger partial charge in [0.15, 0.2) is 8.07 Å². The monoisotopic (exact) mass is 748 g/mol. The van der Waals surface area contributed by atoms with Gasteiger partial charge in [0.05, 0.1) is 22.7 Å². The highest BCUT2D eigenvalue weighted by atomic mass is 28.3. The number of hydrogen-bond acceptors (Lipinski definition) is 2. The molecule has 11 rings (SSSR count). The number of nitrogens with zero attached hydrogens (tertiary/aromatic N) is 2. The minimum Gasteiger partial charge on any atom is -0.310 e. The Morgan fingerprint density at radius 1 is 0.333 bits per heavy atom. The van der Waals surface area contributed by atoms with Gasteiger partial charge in [-0.2, -0.15) is 0 Å². The van der Waals surface area contributed by atoms with E-state index in [1.54, 1.807) is 0 Å². The van der Waals surface area contributed by atoms with Crippen LogP contribution in [0.3, 0.4) is 0 Å². The molecule has 0 spiro atoms. The van der Waals surface area contributed by atoms with Crippen LogP contribution in [0.1, 0.15) is 49.9 Å². The second kappa shape index (κ2) is 12.3. The van der Waals surface area contributed by atoms with Crippen LogP contribution in [-0.2, 0) is 10.8 Å². The highest BCUT2D eigenvalue weighted by molar-refractivity contribution is 7.22. The molecule has 3 aliphatic rings. The van der Waals surface area contributed by atoms with Gasteiger partial charge in [0.25, 0.3) is 0 Å². The molecule has 0 atom stereocenters. The predicted octanol–water partition coefficient (Wildman–Crippen LogP) is 11.3. The fraction of sp³-hybridized carbons (Fsp3) is 0.111. The van der Waals surface area contributed by atoms with Crippen molar-refractivity contribution in [3.63, 3.8) is 0 Å². The third-order valence-electron chi connectivity index (χ3n) is 13.3. The Bertz CT molecular complexity index is 2580. The van der Waals surface area contributed by atoms with Crippen LogP contribution in [0.2, 0.25) is 0 Å². The van der Waals surface area contributed by atoms with Crippen molar-refractivity contribution in [1.82, 2.24) is 0 Å². The number of para-hydroxylation sites is 4. The predicted molar refractivity (Wildman–Crippen MR) is 243 cm³/mol. The smallest absolute Gasteiger partial charge is 0.181 e. The van der Waals surface area contributed by atoms with E-state index in [1.807, 2.05) is 0 Å². The normalized spacial score (nSPS) is 16.1. The van der Waals surface area contributed by atoms with Crippen molar-refractivity contribution in [3.8, 4) is 11.1 Å². The maximum atomic E-state index is 2.56. The average Bonchev–Trinajstić information content (AvgIpc) is 3.54. The highest BCUT2D eigenvalue weighted by Crippen LogP contribution is 2.53. The van der Waals surface area contributed by atoms with Crippen molar-refractivity contribution in [2.75, 3.05) is 9.80 Å².